The second-order valence-electron chi connectivity index (χ2n) is 5.74. The molecule has 25 heavy (non-hydrogen) atoms. The van der Waals surface area contributed by atoms with E-state index >= 15 is 0 Å². The molecule has 6 nitrogen and oxygen atoms in total. The van der Waals surface area contributed by atoms with Crippen molar-refractivity contribution < 1.29 is 18.3 Å². The Kier molecular flexibility index (Phi) is 5.37. The summed E-state index contributed by atoms with van der Waals surface area (Å²) in [6.45, 7) is -1.46. The summed E-state index contributed by atoms with van der Waals surface area (Å²) in [7, 11) is 0. The summed E-state index contributed by atoms with van der Waals surface area (Å²) in [4.78, 5) is 22.9. The van der Waals surface area contributed by atoms with Crippen LogP contribution in [-0.2, 0) is 4.79 Å². The van der Waals surface area contributed by atoms with Crippen molar-refractivity contribution in [1.29, 1.82) is 0 Å². The van der Waals surface area contributed by atoms with Crippen molar-refractivity contribution in [1.82, 2.24) is 9.97 Å². The van der Waals surface area contributed by atoms with Gasteiger partial charge >= 0.3 is 6.61 Å². The van der Waals surface area contributed by atoms with Crippen molar-refractivity contribution in [3.05, 3.63) is 42.9 Å². The summed E-state index contributed by atoms with van der Waals surface area (Å²) >= 11 is 0. The SMILES string of the molecule is O=C(Nc1ccc(OC(F)F)cc1)C1CCCN(c2cnccn2)C1. The maximum Gasteiger partial charge on any atom is 0.387 e. The molecule has 1 saturated heterocycles. The van der Waals surface area contributed by atoms with E-state index in [0.29, 0.717) is 12.2 Å². The molecular weight excluding hydrogens is 330 g/mol. The lowest BCUT2D eigenvalue weighted by molar-refractivity contribution is -0.120. The Hall–Kier alpha value is -2.77. The van der Waals surface area contributed by atoms with Crippen molar-refractivity contribution in [2.24, 2.45) is 5.92 Å². The van der Waals surface area contributed by atoms with E-state index in [1.54, 1.807) is 30.7 Å². The molecule has 132 valence electrons. The molecule has 2 aromatic rings. The molecule has 1 aromatic heterocycles. The quantitative estimate of drug-likeness (QED) is 0.900. The molecule has 1 fully saturated rings. The molecule has 0 bridgehead atoms. The monoisotopic (exact) mass is 348 g/mol. The molecule has 1 unspecified atom stereocenters. The fourth-order valence-corrected chi connectivity index (χ4v) is 2.82. The van der Waals surface area contributed by atoms with Crippen molar-refractivity contribution in [2.75, 3.05) is 23.3 Å². The second kappa shape index (κ2) is 7.87. The van der Waals surface area contributed by atoms with E-state index in [-0.39, 0.29) is 17.6 Å². The van der Waals surface area contributed by atoms with Gasteiger partial charge in [-0.15, -0.1) is 0 Å². The molecule has 1 aliphatic rings. The maximum atomic E-state index is 12.5. The van der Waals surface area contributed by atoms with E-state index in [2.05, 4.69) is 20.0 Å². The Morgan fingerprint density at radius 3 is 2.76 bits per heavy atom. The number of halogens is 2. The number of carbonyl (C=O) groups is 1. The number of amides is 1. The van der Waals surface area contributed by atoms with Crippen LogP contribution >= 0.6 is 0 Å². The van der Waals surface area contributed by atoms with Gasteiger partial charge in [-0.25, -0.2) is 4.98 Å². The zero-order valence-corrected chi connectivity index (χ0v) is 13.4. The Morgan fingerprint density at radius 1 is 1.28 bits per heavy atom. The van der Waals surface area contributed by atoms with Gasteiger partial charge in [-0.05, 0) is 37.1 Å². The maximum absolute atomic E-state index is 12.5. The minimum Gasteiger partial charge on any atom is -0.435 e. The number of nitrogens with zero attached hydrogens (tertiary/aromatic N) is 3. The van der Waals surface area contributed by atoms with Gasteiger partial charge in [0.15, 0.2) is 0 Å². The van der Waals surface area contributed by atoms with Crippen LogP contribution in [0, 0.1) is 5.92 Å². The van der Waals surface area contributed by atoms with Crippen LogP contribution in [-0.4, -0.2) is 35.6 Å². The molecule has 2 heterocycles. The zero-order valence-electron chi connectivity index (χ0n) is 13.4. The molecule has 8 heteroatoms. The minimum atomic E-state index is -2.87. The van der Waals surface area contributed by atoms with Crippen molar-refractivity contribution in [3.63, 3.8) is 0 Å². The van der Waals surface area contributed by atoms with Gasteiger partial charge in [0.1, 0.15) is 11.6 Å². The first-order valence-corrected chi connectivity index (χ1v) is 7.98. The molecule has 1 N–H and O–H groups in total. The van der Waals surface area contributed by atoms with Crippen LogP contribution in [0.5, 0.6) is 5.75 Å². The summed E-state index contributed by atoms with van der Waals surface area (Å²) in [5, 5.41) is 2.82. The van der Waals surface area contributed by atoms with Crippen molar-refractivity contribution >= 4 is 17.4 Å². The molecule has 1 aromatic carbocycles. The third kappa shape index (κ3) is 4.62. The number of benzene rings is 1. The standard InChI is InChI=1S/C17H18F2N4O2/c18-17(19)25-14-5-3-13(4-6-14)22-16(24)12-2-1-9-23(11-12)15-10-20-7-8-21-15/h3-8,10,12,17H,1-2,9,11H2,(H,22,24). The normalized spacial score (nSPS) is 17.4. The van der Waals surface area contributed by atoms with E-state index in [1.807, 2.05) is 4.90 Å². The lowest BCUT2D eigenvalue weighted by Crippen LogP contribution is -2.41. The predicted octanol–water partition coefficient (Wildman–Crippen LogP) is 2.93. The molecule has 3 rings (SSSR count). The van der Waals surface area contributed by atoms with Gasteiger partial charge in [-0.1, -0.05) is 0 Å². The number of nitrogens with one attached hydrogen (secondary N) is 1. The van der Waals surface area contributed by atoms with Crippen LogP contribution in [0.25, 0.3) is 0 Å². The molecule has 0 radical (unpaired) electrons. The first kappa shape index (κ1) is 17.1. The van der Waals surface area contributed by atoms with Crippen molar-refractivity contribution in [3.8, 4) is 5.75 Å². The number of ether oxygens (including phenoxy) is 1. The highest BCUT2D eigenvalue weighted by Gasteiger charge is 2.26. The number of anilines is 2. The average Bonchev–Trinajstić information content (AvgIpc) is 2.64. The summed E-state index contributed by atoms with van der Waals surface area (Å²) in [5.41, 5.74) is 0.545. The Morgan fingerprint density at radius 2 is 2.08 bits per heavy atom. The van der Waals surface area contributed by atoms with Gasteiger partial charge < -0.3 is 15.0 Å². The topological polar surface area (TPSA) is 67.3 Å². The molecule has 1 aliphatic heterocycles. The number of rotatable bonds is 5. The summed E-state index contributed by atoms with van der Waals surface area (Å²) in [5.74, 6) is 0.539. The molecule has 0 spiro atoms. The third-order valence-corrected chi connectivity index (χ3v) is 4.01. The highest BCUT2D eigenvalue weighted by Crippen LogP contribution is 2.23. The first-order chi connectivity index (χ1) is 12.1. The Labute approximate surface area is 143 Å². The minimum absolute atomic E-state index is 0.0551. The van der Waals surface area contributed by atoms with E-state index in [4.69, 9.17) is 0 Å². The molecule has 0 aliphatic carbocycles. The van der Waals surface area contributed by atoms with E-state index < -0.39 is 6.61 Å². The van der Waals surface area contributed by atoms with Gasteiger partial charge in [0.25, 0.3) is 0 Å². The van der Waals surface area contributed by atoms with Gasteiger partial charge in [0.2, 0.25) is 5.91 Å². The lowest BCUT2D eigenvalue weighted by Gasteiger charge is -2.32. The molecule has 1 atom stereocenters. The van der Waals surface area contributed by atoms with E-state index in [9.17, 15) is 13.6 Å². The summed E-state index contributed by atoms with van der Waals surface area (Å²) in [6.07, 6.45) is 6.59. The van der Waals surface area contributed by atoms with Crippen LogP contribution < -0.4 is 15.0 Å². The molecule has 1 amide bonds. The highest BCUT2D eigenvalue weighted by atomic mass is 19.3. The molecular formula is C17H18F2N4O2. The van der Waals surface area contributed by atoms with Gasteiger partial charge in [-0.2, -0.15) is 8.78 Å². The van der Waals surface area contributed by atoms with Crippen LogP contribution in [0.15, 0.2) is 42.9 Å². The van der Waals surface area contributed by atoms with Gasteiger partial charge in [0, 0.05) is 31.2 Å². The summed E-state index contributed by atoms with van der Waals surface area (Å²) in [6, 6.07) is 5.88. The fraction of sp³-hybridized carbons (Fsp3) is 0.353. The Bertz CT molecular complexity index is 698. The number of carbonyl (C=O) groups excluding carboxylic acids is 1. The predicted molar refractivity (Wildman–Crippen MR) is 88.7 cm³/mol. The number of piperidine rings is 1. The van der Waals surface area contributed by atoms with Crippen LogP contribution in [0.3, 0.4) is 0 Å². The smallest absolute Gasteiger partial charge is 0.387 e. The molecule has 0 saturated carbocycles. The third-order valence-electron chi connectivity index (χ3n) is 4.01. The first-order valence-electron chi connectivity index (χ1n) is 7.98. The number of hydrogen-bond donors (Lipinski definition) is 1. The van der Waals surface area contributed by atoms with Crippen LogP contribution in [0.4, 0.5) is 20.3 Å². The largest absolute Gasteiger partial charge is 0.435 e. The number of hydrogen-bond acceptors (Lipinski definition) is 5. The highest BCUT2D eigenvalue weighted by molar-refractivity contribution is 5.93. The van der Waals surface area contributed by atoms with Crippen LogP contribution in [0.1, 0.15) is 12.8 Å². The van der Waals surface area contributed by atoms with E-state index in [1.165, 1.54) is 12.1 Å². The van der Waals surface area contributed by atoms with E-state index in [0.717, 1.165) is 25.2 Å². The average molecular weight is 348 g/mol. The zero-order chi connectivity index (χ0) is 17.6. The number of alkyl halides is 2. The lowest BCUT2D eigenvalue weighted by atomic mass is 9.97. The van der Waals surface area contributed by atoms with Crippen molar-refractivity contribution in [2.45, 2.75) is 19.5 Å². The second-order valence-corrected chi connectivity index (χ2v) is 5.74. The number of aromatic nitrogens is 2. The van der Waals surface area contributed by atoms with Gasteiger partial charge in [0.05, 0.1) is 12.1 Å². The Balaban J connectivity index is 1.59. The fourth-order valence-electron chi connectivity index (χ4n) is 2.82. The van der Waals surface area contributed by atoms with Crippen LogP contribution in [0.2, 0.25) is 0 Å². The van der Waals surface area contributed by atoms with Gasteiger partial charge in [-0.3, -0.25) is 9.78 Å². The summed E-state index contributed by atoms with van der Waals surface area (Å²) < 4.78 is 28.6.